The van der Waals surface area contributed by atoms with Crippen LogP contribution in [0.5, 0.6) is 0 Å². The molecule has 2 aromatic carbocycles. The fraction of sp³-hybridized carbons (Fsp3) is 0.250. The first kappa shape index (κ1) is 24.1. The van der Waals surface area contributed by atoms with E-state index >= 15 is 0 Å². The number of carbonyl (C=O) groups excluding carboxylic acids is 1. The van der Waals surface area contributed by atoms with Crippen molar-refractivity contribution in [3.05, 3.63) is 78.7 Å². The molecule has 0 saturated heterocycles. The Morgan fingerprint density at radius 2 is 1.91 bits per heavy atom. The van der Waals surface area contributed by atoms with Crippen LogP contribution in [0.25, 0.3) is 10.2 Å². The van der Waals surface area contributed by atoms with Gasteiger partial charge in [0.05, 0.1) is 34.3 Å². The van der Waals surface area contributed by atoms with Gasteiger partial charge in [-0.1, -0.05) is 41.1 Å². The van der Waals surface area contributed by atoms with Crippen molar-refractivity contribution in [2.75, 3.05) is 11.8 Å². The first-order valence-corrected chi connectivity index (χ1v) is 14.4. The summed E-state index contributed by atoms with van der Waals surface area (Å²) in [6, 6.07) is 11.9. The Bertz CT molecular complexity index is 1620. The van der Waals surface area contributed by atoms with Gasteiger partial charge in [0.2, 0.25) is 0 Å². The van der Waals surface area contributed by atoms with Crippen molar-refractivity contribution in [1.82, 2.24) is 4.57 Å². The lowest BCUT2D eigenvalue weighted by molar-refractivity contribution is 0.0601. The summed E-state index contributed by atoms with van der Waals surface area (Å²) in [5.41, 5.74) is 2.59. The van der Waals surface area contributed by atoms with E-state index in [1.807, 2.05) is 18.2 Å². The van der Waals surface area contributed by atoms with Crippen LogP contribution in [0.1, 0.15) is 39.2 Å². The second kappa shape index (κ2) is 9.42. The zero-order chi connectivity index (χ0) is 24.7. The Morgan fingerprint density at radius 1 is 1.14 bits per heavy atom. The van der Waals surface area contributed by atoms with E-state index < -0.39 is 16.0 Å². The highest BCUT2D eigenvalue weighted by Gasteiger charge is 2.29. The minimum absolute atomic E-state index is 0.0123. The molecule has 0 bridgehead atoms. The molecule has 0 spiro atoms. The van der Waals surface area contributed by atoms with Crippen LogP contribution in [0, 0.1) is 0 Å². The Morgan fingerprint density at radius 3 is 2.69 bits per heavy atom. The van der Waals surface area contributed by atoms with E-state index in [2.05, 4.69) is 4.72 Å². The molecule has 1 aliphatic rings. The Balaban J connectivity index is 1.50. The fourth-order valence-corrected chi connectivity index (χ4v) is 8.11. The van der Waals surface area contributed by atoms with Crippen molar-refractivity contribution in [2.45, 2.75) is 37.1 Å². The molecule has 0 unspecified atom stereocenters. The number of esters is 1. The van der Waals surface area contributed by atoms with Crippen molar-refractivity contribution >= 4 is 65.5 Å². The van der Waals surface area contributed by atoms with Gasteiger partial charge in [-0.2, -0.15) is 0 Å². The average Bonchev–Trinajstić information content (AvgIpc) is 3.35. The van der Waals surface area contributed by atoms with Crippen LogP contribution in [0.2, 0.25) is 5.02 Å². The molecule has 35 heavy (non-hydrogen) atoms. The van der Waals surface area contributed by atoms with E-state index in [0.29, 0.717) is 20.8 Å². The molecule has 4 aromatic rings. The number of aromatic nitrogens is 1. The highest BCUT2D eigenvalue weighted by Crippen LogP contribution is 2.39. The van der Waals surface area contributed by atoms with Crippen LogP contribution in [0.15, 0.2) is 52.2 Å². The molecule has 0 atom stereocenters. The standard InChI is InChI=1S/C24H21ClN2O5S3/c1-32-23(28)21-16-7-3-5-9-19(16)33-22(21)26-35(30,31)15-10-11-18-20(12-15)34-24(29)27(18)13-14-6-2-4-8-17(14)25/h2,4,6,8,10-12,26H,3,5,7,9,13H2,1H3. The maximum Gasteiger partial charge on any atom is 0.341 e. The predicted octanol–water partition coefficient (Wildman–Crippen LogP) is 5.29. The summed E-state index contributed by atoms with van der Waals surface area (Å²) in [4.78, 5) is 26.0. The monoisotopic (exact) mass is 548 g/mol. The van der Waals surface area contributed by atoms with Gasteiger partial charge in [-0.15, -0.1) is 11.3 Å². The van der Waals surface area contributed by atoms with Crippen LogP contribution in [-0.4, -0.2) is 26.1 Å². The van der Waals surface area contributed by atoms with Crippen molar-refractivity contribution in [1.29, 1.82) is 0 Å². The molecule has 182 valence electrons. The predicted molar refractivity (Wildman–Crippen MR) is 140 cm³/mol. The number of anilines is 1. The van der Waals surface area contributed by atoms with E-state index in [-0.39, 0.29) is 21.3 Å². The lowest BCUT2D eigenvalue weighted by Crippen LogP contribution is -2.16. The van der Waals surface area contributed by atoms with Gasteiger partial charge in [-0.25, -0.2) is 13.2 Å². The highest BCUT2D eigenvalue weighted by molar-refractivity contribution is 7.93. The summed E-state index contributed by atoms with van der Waals surface area (Å²) in [6.07, 6.45) is 3.48. The van der Waals surface area contributed by atoms with E-state index in [4.69, 9.17) is 16.3 Å². The molecule has 5 rings (SSSR count). The Hall–Kier alpha value is -2.66. The second-order valence-electron chi connectivity index (χ2n) is 8.19. The van der Waals surface area contributed by atoms with Gasteiger partial charge >= 0.3 is 10.8 Å². The summed E-state index contributed by atoms with van der Waals surface area (Å²) in [7, 11) is -2.72. The lowest BCUT2D eigenvalue weighted by Gasteiger charge is -2.12. The van der Waals surface area contributed by atoms with Crippen molar-refractivity contribution in [3.8, 4) is 0 Å². The van der Waals surface area contributed by atoms with Crippen molar-refractivity contribution in [2.24, 2.45) is 0 Å². The summed E-state index contributed by atoms with van der Waals surface area (Å²) < 4.78 is 36.3. The number of aryl methyl sites for hydroxylation is 1. The number of carbonyl (C=O) groups is 1. The van der Waals surface area contributed by atoms with Crippen molar-refractivity contribution < 1.29 is 17.9 Å². The third-order valence-corrected chi connectivity index (χ3v) is 10.0. The number of hydrogen-bond donors (Lipinski definition) is 1. The van der Waals surface area contributed by atoms with E-state index in [0.717, 1.165) is 53.0 Å². The van der Waals surface area contributed by atoms with Gasteiger partial charge in [-0.05, 0) is 61.1 Å². The van der Waals surface area contributed by atoms with E-state index in [9.17, 15) is 18.0 Å². The number of ether oxygens (including phenoxy) is 1. The van der Waals surface area contributed by atoms with Crippen molar-refractivity contribution in [3.63, 3.8) is 0 Å². The Kier molecular flexibility index (Phi) is 6.47. The third-order valence-electron chi connectivity index (χ3n) is 6.02. The zero-order valence-electron chi connectivity index (χ0n) is 18.7. The molecule has 1 N–H and O–H groups in total. The van der Waals surface area contributed by atoms with Gasteiger partial charge in [0.1, 0.15) is 5.00 Å². The number of nitrogens with one attached hydrogen (secondary N) is 1. The smallest absolute Gasteiger partial charge is 0.341 e. The number of thiophene rings is 1. The van der Waals surface area contributed by atoms with Crippen LogP contribution in [0.4, 0.5) is 5.00 Å². The molecule has 0 amide bonds. The van der Waals surface area contributed by atoms with Gasteiger partial charge in [-0.3, -0.25) is 14.1 Å². The molecule has 0 fully saturated rings. The number of benzene rings is 2. The van der Waals surface area contributed by atoms with Crippen LogP contribution < -0.4 is 9.60 Å². The number of sulfonamides is 1. The Labute approximate surface area is 215 Å². The number of halogens is 1. The molecular formula is C24H21ClN2O5S3. The number of nitrogens with zero attached hydrogens (tertiary/aromatic N) is 1. The zero-order valence-corrected chi connectivity index (χ0v) is 21.9. The SMILES string of the molecule is COC(=O)c1c(NS(=O)(=O)c2ccc3c(c2)sc(=O)n3Cc2ccccc2Cl)sc2c1CCCC2. The first-order chi connectivity index (χ1) is 16.8. The number of hydrogen-bond acceptors (Lipinski definition) is 7. The largest absolute Gasteiger partial charge is 0.465 e. The van der Waals surface area contributed by atoms with E-state index in [1.165, 1.54) is 30.6 Å². The quantitative estimate of drug-likeness (QED) is 0.330. The average molecular weight is 549 g/mol. The van der Waals surface area contributed by atoms with Gasteiger partial charge < -0.3 is 4.74 Å². The summed E-state index contributed by atoms with van der Waals surface area (Å²) in [6.45, 7) is 0.284. The minimum atomic E-state index is -4.01. The van der Waals surface area contributed by atoms with Gasteiger partial charge in [0.25, 0.3) is 10.0 Å². The topological polar surface area (TPSA) is 94.5 Å². The molecule has 1 aliphatic carbocycles. The van der Waals surface area contributed by atoms with Gasteiger partial charge in [0, 0.05) is 9.90 Å². The van der Waals surface area contributed by atoms with Gasteiger partial charge in [0.15, 0.2) is 0 Å². The molecule has 2 heterocycles. The minimum Gasteiger partial charge on any atom is -0.465 e. The summed E-state index contributed by atoms with van der Waals surface area (Å²) in [5.74, 6) is -0.549. The molecule has 0 radical (unpaired) electrons. The normalized spacial score (nSPS) is 13.5. The number of rotatable bonds is 6. The molecule has 0 aliphatic heterocycles. The maximum atomic E-state index is 13.3. The summed E-state index contributed by atoms with van der Waals surface area (Å²) >= 11 is 8.52. The molecule has 0 saturated carbocycles. The third kappa shape index (κ3) is 4.51. The second-order valence-corrected chi connectivity index (χ2v) is 12.4. The molecule has 2 aromatic heterocycles. The first-order valence-electron chi connectivity index (χ1n) is 10.9. The van der Waals surface area contributed by atoms with Crippen LogP contribution in [0.3, 0.4) is 0 Å². The molecular weight excluding hydrogens is 528 g/mol. The number of methoxy groups -OCH3 is 1. The maximum absolute atomic E-state index is 13.3. The fourth-order valence-electron chi connectivity index (χ4n) is 4.30. The van der Waals surface area contributed by atoms with Crippen LogP contribution >= 0.6 is 34.3 Å². The van der Waals surface area contributed by atoms with E-state index in [1.54, 1.807) is 16.7 Å². The molecule has 11 heteroatoms. The number of thiazole rings is 1. The summed E-state index contributed by atoms with van der Waals surface area (Å²) in [5, 5.41) is 0.829. The van der Waals surface area contributed by atoms with Crippen LogP contribution in [-0.2, 0) is 34.1 Å². The lowest BCUT2D eigenvalue weighted by atomic mass is 9.95. The highest BCUT2D eigenvalue weighted by atomic mass is 35.5. The molecule has 7 nitrogen and oxygen atoms in total. The number of fused-ring (bicyclic) bond motifs is 2.